The summed E-state index contributed by atoms with van der Waals surface area (Å²) < 4.78 is 22.7. The predicted octanol–water partition coefficient (Wildman–Crippen LogP) is 20.8. The summed E-state index contributed by atoms with van der Waals surface area (Å²) in [6.45, 7) is 4.49. The summed E-state index contributed by atoms with van der Waals surface area (Å²) in [6, 6.07) is 0. The maximum Gasteiger partial charge on any atom is 0.306 e. The lowest BCUT2D eigenvalue weighted by molar-refractivity contribution is -0.870. The second kappa shape index (κ2) is 67.4. The molecule has 0 saturated carbocycles. The fraction of sp³-hybridized carbons (Fsp3) is 0.679. The van der Waals surface area contributed by atoms with E-state index in [1.807, 2.05) is 21.1 Å². The van der Waals surface area contributed by atoms with E-state index in [9.17, 15) is 19.5 Å². The van der Waals surface area contributed by atoms with Crippen LogP contribution in [0.25, 0.3) is 0 Å². The largest absolute Gasteiger partial charge is 0.545 e. The molecule has 0 aromatic rings. The van der Waals surface area contributed by atoms with Crippen LogP contribution in [0.2, 0.25) is 0 Å². The Balaban J connectivity index is 4.10. The Labute approximate surface area is 535 Å². The van der Waals surface area contributed by atoms with Crippen LogP contribution < -0.4 is 5.11 Å². The molecule has 0 amide bonds. The van der Waals surface area contributed by atoms with Crippen LogP contribution in [0.3, 0.4) is 0 Å². The summed E-state index contributed by atoms with van der Waals surface area (Å²) in [7, 11) is 5.91. The molecule has 0 aromatic carbocycles. The van der Waals surface area contributed by atoms with Gasteiger partial charge in [0.25, 0.3) is 0 Å². The van der Waals surface area contributed by atoms with Crippen LogP contribution in [-0.2, 0) is 33.3 Å². The van der Waals surface area contributed by atoms with Crippen LogP contribution in [0.5, 0.6) is 0 Å². The number of ether oxygens (including phenoxy) is 4. The molecule has 87 heavy (non-hydrogen) atoms. The molecule has 0 bridgehead atoms. The zero-order valence-electron chi connectivity index (χ0n) is 56.6. The van der Waals surface area contributed by atoms with Crippen molar-refractivity contribution in [2.75, 3.05) is 47.5 Å². The SMILES string of the molecule is CC/C=C\C/C=C\C/C=C\C/C=C\C/C=C\C/C=C\C/C=C\CCCCCC(=O)OC(COC(=O)CCCCCCCCCCCCCCCCCCCCCCCCCC/C=C\C/C=C\C/C=C\C/C=C\CC)COC(OCC[N+](C)(C)C)C(=O)[O-]. The molecule has 9 nitrogen and oxygen atoms in total. The third-order valence-electron chi connectivity index (χ3n) is 14.9. The van der Waals surface area contributed by atoms with Crippen molar-refractivity contribution < 1.29 is 42.9 Å². The van der Waals surface area contributed by atoms with E-state index in [0.29, 0.717) is 17.4 Å². The molecule has 0 aliphatic rings. The lowest BCUT2D eigenvalue weighted by Crippen LogP contribution is -2.44. The van der Waals surface area contributed by atoms with E-state index in [-0.39, 0.29) is 38.6 Å². The highest BCUT2D eigenvalue weighted by Gasteiger charge is 2.22. The zero-order valence-corrected chi connectivity index (χ0v) is 56.6. The number of carboxylic acids is 1. The second-order valence-electron chi connectivity index (χ2n) is 24.4. The van der Waals surface area contributed by atoms with Gasteiger partial charge in [-0.25, -0.2) is 0 Å². The molecule has 0 rings (SSSR count). The highest BCUT2D eigenvalue weighted by atomic mass is 16.7. The van der Waals surface area contributed by atoms with Gasteiger partial charge in [-0.05, 0) is 109 Å². The number of unbranched alkanes of at least 4 members (excludes halogenated alkanes) is 27. The molecular weight excluding hydrogens is 1080 g/mol. The van der Waals surface area contributed by atoms with Crippen molar-refractivity contribution in [2.24, 2.45) is 0 Å². The van der Waals surface area contributed by atoms with Crippen LogP contribution >= 0.6 is 0 Å². The van der Waals surface area contributed by atoms with Crippen molar-refractivity contribution in [3.8, 4) is 0 Å². The standard InChI is InChI=1S/C78H131NO8/c1-6-8-10-12-14-16-18-20-22-24-26-28-30-32-33-34-35-36-37-38-39-40-41-42-43-45-46-48-50-52-54-56-58-60-62-64-66-68-75(80)85-72-74(73-86-78(77(82)83)84-71-70-79(3,4)5)87-76(81)69-67-65-63-61-59-57-55-53-51-49-47-44-31-29-27-25-23-21-19-17-15-13-11-9-7-2/h8-11,14-17,20-23,26-29,44,47,51,53,57,59,74,78H,6-7,12-13,18-19,24-25,30-43,45-46,48-50,52,54-56,58,60-73H2,1-5H3/b10-8-,11-9-,16-14-,17-15-,22-20-,23-21-,28-26-,29-27-,47-44-,53-51-,59-57-. The van der Waals surface area contributed by atoms with E-state index < -0.39 is 24.3 Å². The molecule has 2 unspecified atom stereocenters. The topological polar surface area (TPSA) is 111 Å². The lowest BCUT2D eigenvalue weighted by Gasteiger charge is -2.26. The van der Waals surface area contributed by atoms with Crippen molar-refractivity contribution in [1.82, 2.24) is 0 Å². The molecule has 0 aliphatic heterocycles. The smallest absolute Gasteiger partial charge is 0.306 e. The van der Waals surface area contributed by atoms with E-state index in [0.717, 1.165) is 109 Å². The monoisotopic (exact) mass is 1210 g/mol. The number of carbonyl (C=O) groups is 3. The molecular formula is C78H131NO8. The van der Waals surface area contributed by atoms with Crippen LogP contribution in [0.1, 0.15) is 284 Å². The first kappa shape index (κ1) is 82.4. The minimum atomic E-state index is -1.64. The van der Waals surface area contributed by atoms with Gasteiger partial charge < -0.3 is 33.3 Å². The van der Waals surface area contributed by atoms with Gasteiger partial charge in [-0.3, -0.25) is 9.59 Å². The third kappa shape index (κ3) is 68.8. The molecule has 0 radical (unpaired) electrons. The molecule has 0 aromatic heterocycles. The summed E-state index contributed by atoms with van der Waals surface area (Å²) in [5.41, 5.74) is 0. The fourth-order valence-electron chi connectivity index (χ4n) is 9.57. The van der Waals surface area contributed by atoms with Crippen molar-refractivity contribution in [2.45, 2.75) is 296 Å². The molecule has 2 atom stereocenters. The first-order chi connectivity index (χ1) is 42.6. The summed E-state index contributed by atoms with van der Waals surface area (Å²) in [5.74, 6) is -2.33. The Bertz CT molecular complexity index is 1890. The minimum absolute atomic E-state index is 0.136. The summed E-state index contributed by atoms with van der Waals surface area (Å²) in [4.78, 5) is 37.5. The van der Waals surface area contributed by atoms with Gasteiger partial charge in [0.05, 0.1) is 40.3 Å². The molecule has 0 saturated heterocycles. The van der Waals surface area contributed by atoms with Gasteiger partial charge in [-0.2, -0.15) is 0 Å². The first-order valence-corrected chi connectivity index (χ1v) is 35.3. The Kier molecular flexibility index (Phi) is 63.8. The fourth-order valence-corrected chi connectivity index (χ4v) is 9.57. The lowest BCUT2D eigenvalue weighted by atomic mass is 10.0. The number of carboxylic acid groups (broad SMARTS) is 1. The average molecular weight is 1210 g/mol. The second-order valence-corrected chi connectivity index (χ2v) is 24.4. The van der Waals surface area contributed by atoms with Crippen molar-refractivity contribution >= 4 is 17.9 Å². The van der Waals surface area contributed by atoms with E-state index in [1.54, 1.807) is 0 Å². The molecule has 0 N–H and O–H groups in total. The quantitative estimate of drug-likeness (QED) is 0.0195. The number of quaternary nitrogens is 1. The van der Waals surface area contributed by atoms with Gasteiger partial charge in [0.2, 0.25) is 0 Å². The van der Waals surface area contributed by atoms with Crippen LogP contribution in [-0.4, -0.2) is 82.3 Å². The number of allylic oxidation sites excluding steroid dienone is 22. The number of aliphatic carboxylic acids is 1. The van der Waals surface area contributed by atoms with E-state index >= 15 is 0 Å². The first-order valence-electron chi connectivity index (χ1n) is 35.3. The van der Waals surface area contributed by atoms with Gasteiger partial charge in [0, 0.05) is 12.8 Å². The van der Waals surface area contributed by atoms with Gasteiger partial charge in [0.15, 0.2) is 12.4 Å². The predicted molar refractivity (Wildman–Crippen MR) is 370 cm³/mol. The highest BCUT2D eigenvalue weighted by molar-refractivity contribution is 5.70. The number of hydrogen-bond acceptors (Lipinski definition) is 8. The summed E-state index contributed by atoms with van der Waals surface area (Å²) in [5, 5.41) is 11.8. The summed E-state index contributed by atoms with van der Waals surface area (Å²) in [6.07, 6.45) is 94.1. The minimum Gasteiger partial charge on any atom is -0.545 e. The third-order valence-corrected chi connectivity index (χ3v) is 14.9. The molecule has 9 heteroatoms. The molecule has 0 spiro atoms. The normalized spacial score (nSPS) is 13.5. The highest BCUT2D eigenvalue weighted by Crippen LogP contribution is 2.17. The Morgan fingerprint density at radius 1 is 0.345 bits per heavy atom. The van der Waals surface area contributed by atoms with Gasteiger partial charge >= 0.3 is 11.9 Å². The van der Waals surface area contributed by atoms with E-state index in [4.69, 9.17) is 18.9 Å². The molecule has 0 fully saturated rings. The average Bonchev–Trinajstić information content (AvgIpc) is 3.59. The maximum absolute atomic E-state index is 12.9. The number of hydrogen-bond donors (Lipinski definition) is 0. The van der Waals surface area contributed by atoms with Crippen LogP contribution in [0.15, 0.2) is 134 Å². The Morgan fingerprint density at radius 2 is 0.621 bits per heavy atom. The number of carbonyl (C=O) groups excluding carboxylic acids is 3. The van der Waals surface area contributed by atoms with Crippen molar-refractivity contribution in [3.05, 3.63) is 134 Å². The number of esters is 2. The number of nitrogens with zero attached hydrogens (tertiary/aromatic N) is 1. The van der Waals surface area contributed by atoms with Crippen molar-refractivity contribution in [3.63, 3.8) is 0 Å². The van der Waals surface area contributed by atoms with Gasteiger partial charge in [-0.15, -0.1) is 0 Å². The summed E-state index contributed by atoms with van der Waals surface area (Å²) >= 11 is 0. The number of rotatable bonds is 64. The van der Waals surface area contributed by atoms with E-state index in [1.165, 1.54) is 141 Å². The van der Waals surface area contributed by atoms with Crippen LogP contribution in [0, 0.1) is 0 Å². The molecule has 0 heterocycles. The van der Waals surface area contributed by atoms with Gasteiger partial charge in [0.1, 0.15) is 13.2 Å². The zero-order chi connectivity index (χ0) is 63.3. The maximum atomic E-state index is 12.9. The molecule has 496 valence electrons. The van der Waals surface area contributed by atoms with Gasteiger partial charge in [-0.1, -0.05) is 295 Å². The Hall–Kier alpha value is -4.57. The molecule has 0 aliphatic carbocycles. The van der Waals surface area contributed by atoms with Crippen LogP contribution in [0.4, 0.5) is 0 Å². The number of likely N-dealkylation sites (N-methyl/N-ethyl adjacent to an activating group) is 1. The Morgan fingerprint density at radius 3 is 0.931 bits per heavy atom. The van der Waals surface area contributed by atoms with E-state index in [2.05, 4.69) is 148 Å². The van der Waals surface area contributed by atoms with Crippen molar-refractivity contribution in [1.29, 1.82) is 0 Å².